The number of nitrogen functional groups attached to an aromatic ring is 1. The first-order valence-corrected chi connectivity index (χ1v) is 7.28. The number of nitrogens with one attached hydrogen (secondary N) is 1. The molecule has 1 heterocycles. The average molecular weight is 290 g/mol. The number of benzene rings is 1. The Kier molecular flexibility index (Phi) is 4.42. The van der Waals surface area contributed by atoms with Crippen molar-refractivity contribution >= 4 is 22.9 Å². The first-order chi connectivity index (χ1) is 9.49. The number of aliphatic hydroxyl groups excluding tert-OH is 1. The van der Waals surface area contributed by atoms with Gasteiger partial charge in [-0.05, 0) is 53.4 Å². The number of rotatable bonds is 4. The van der Waals surface area contributed by atoms with Crippen LogP contribution in [0.15, 0.2) is 29.0 Å². The Balaban J connectivity index is 2.04. The van der Waals surface area contributed by atoms with Crippen molar-refractivity contribution in [2.45, 2.75) is 20.0 Å². The summed E-state index contributed by atoms with van der Waals surface area (Å²) in [6.45, 7) is 3.96. The molecule has 1 aromatic heterocycles. The van der Waals surface area contributed by atoms with Crippen LogP contribution in [-0.4, -0.2) is 17.6 Å². The zero-order valence-electron chi connectivity index (χ0n) is 11.5. The number of anilines is 1. The maximum Gasteiger partial charge on any atom is 0.251 e. The van der Waals surface area contributed by atoms with E-state index in [1.165, 1.54) is 11.3 Å². The van der Waals surface area contributed by atoms with Gasteiger partial charge in [-0.25, -0.2) is 0 Å². The SMILES string of the molecule is Cc1cc(C)c(C(=O)NCC(O)c2ccsc2)cc1N. The summed E-state index contributed by atoms with van der Waals surface area (Å²) >= 11 is 1.52. The van der Waals surface area contributed by atoms with Crippen LogP contribution in [0.4, 0.5) is 5.69 Å². The third-order valence-corrected chi connectivity index (χ3v) is 3.94. The van der Waals surface area contributed by atoms with Gasteiger partial charge in [0.05, 0.1) is 6.10 Å². The van der Waals surface area contributed by atoms with Gasteiger partial charge in [-0.2, -0.15) is 11.3 Å². The first-order valence-electron chi connectivity index (χ1n) is 6.34. The minimum atomic E-state index is -0.687. The number of carbonyl (C=O) groups excluding carboxylic acids is 1. The molecule has 1 amide bonds. The Morgan fingerprint density at radius 2 is 2.15 bits per heavy atom. The molecule has 0 aliphatic carbocycles. The van der Waals surface area contributed by atoms with Crippen LogP contribution in [0.5, 0.6) is 0 Å². The lowest BCUT2D eigenvalue weighted by Crippen LogP contribution is -2.29. The van der Waals surface area contributed by atoms with Gasteiger partial charge in [-0.1, -0.05) is 6.07 Å². The summed E-state index contributed by atoms with van der Waals surface area (Å²) < 4.78 is 0. The van der Waals surface area contributed by atoms with Gasteiger partial charge in [0.2, 0.25) is 0 Å². The van der Waals surface area contributed by atoms with Crippen LogP contribution in [0.3, 0.4) is 0 Å². The quantitative estimate of drug-likeness (QED) is 0.757. The highest BCUT2D eigenvalue weighted by molar-refractivity contribution is 7.07. The third kappa shape index (κ3) is 3.18. The van der Waals surface area contributed by atoms with Crippen molar-refractivity contribution in [3.8, 4) is 0 Å². The standard InChI is InChI=1S/C15H18N2O2S/c1-9-5-10(2)13(16)6-12(9)15(19)17-7-14(18)11-3-4-20-8-11/h3-6,8,14,18H,7,16H2,1-2H3,(H,17,19). The van der Waals surface area contributed by atoms with Crippen LogP contribution >= 0.6 is 11.3 Å². The van der Waals surface area contributed by atoms with Crippen molar-refractivity contribution in [1.82, 2.24) is 5.32 Å². The summed E-state index contributed by atoms with van der Waals surface area (Å²) in [5.74, 6) is -0.219. The lowest BCUT2D eigenvalue weighted by atomic mass is 10.0. The van der Waals surface area contributed by atoms with E-state index >= 15 is 0 Å². The summed E-state index contributed by atoms with van der Waals surface area (Å²) in [6, 6.07) is 5.41. The number of aliphatic hydroxyl groups is 1. The Labute approximate surface area is 122 Å². The van der Waals surface area contributed by atoms with Gasteiger partial charge >= 0.3 is 0 Å². The molecule has 2 aromatic rings. The third-order valence-electron chi connectivity index (χ3n) is 3.24. The molecule has 0 bridgehead atoms. The number of thiophene rings is 1. The van der Waals surface area contributed by atoms with E-state index in [1.54, 1.807) is 6.07 Å². The monoisotopic (exact) mass is 290 g/mol. The summed E-state index contributed by atoms with van der Waals surface area (Å²) in [4.78, 5) is 12.1. The topological polar surface area (TPSA) is 75.3 Å². The highest BCUT2D eigenvalue weighted by Gasteiger charge is 2.13. The van der Waals surface area contributed by atoms with Crippen molar-refractivity contribution in [3.63, 3.8) is 0 Å². The lowest BCUT2D eigenvalue weighted by Gasteiger charge is -2.13. The summed E-state index contributed by atoms with van der Waals surface area (Å²) in [5.41, 5.74) is 9.62. The molecule has 106 valence electrons. The molecule has 0 saturated carbocycles. The minimum Gasteiger partial charge on any atom is -0.398 e. The van der Waals surface area contributed by atoms with E-state index in [0.29, 0.717) is 11.3 Å². The molecule has 2 rings (SSSR count). The highest BCUT2D eigenvalue weighted by atomic mass is 32.1. The van der Waals surface area contributed by atoms with Crippen LogP contribution in [0.2, 0.25) is 0 Å². The van der Waals surface area contributed by atoms with E-state index in [9.17, 15) is 9.90 Å². The molecule has 1 atom stereocenters. The molecule has 0 spiro atoms. The molecule has 0 fully saturated rings. The molecule has 5 heteroatoms. The van der Waals surface area contributed by atoms with E-state index in [1.807, 2.05) is 36.7 Å². The summed E-state index contributed by atoms with van der Waals surface area (Å²) in [7, 11) is 0. The van der Waals surface area contributed by atoms with E-state index in [4.69, 9.17) is 5.73 Å². The van der Waals surface area contributed by atoms with Gasteiger partial charge in [0.25, 0.3) is 5.91 Å². The highest BCUT2D eigenvalue weighted by Crippen LogP contribution is 2.18. The van der Waals surface area contributed by atoms with E-state index in [0.717, 1.165) is 16.7 Å². The van der Waals surface area contributed by atoms with E-state index in [2.05, 4.69) is 5.32 Å². The zero-order valence-corrected chi connectivity index (χ0v) is 12.3. The van der Waals surface area contributed by atoms with Crippen LogP contribution in [0.25, 0.3) is 0 Å². The Hall–Kier alpha value is -1.85. The van der Waals surface area contributed by atoms with Crippen molar-refractivity contribution in [2.75, 3.05) is 12.3 Å². The predicted octanol–water partition coefficient (Wildman–Crippen LogP) is 2.41. The Bertz CT molecular complexity index is 609. The van der Waals surface area contributed by atoms with Gasteiger partial charge in [-0.3, -0.25) is 4.79 Å². The fourth-order valence-electron chi connectivity index (χ4n) is 1.98. The second kappa shape index (κ2) is 6.07. The van der Waals surface area contributed by atoms with Gasteiger partial charge in [-0.15, -0.1) is 0 Å². The Morgan fingerprint density at radius 3 is 2.80 bits per heavy atom. The average Bonchev–Trinajstić information content (AvgIpc) is 2.94. The van der Waals surface area contributed by atoms with Crippen molar-refractivity contribution in [3.05, 3.63) is 51.2 Å². The molecule has 4 N–H and O–H groups in total. The van der Waals surface area contributed by atoms with Gasteiger partial charge in [0, 0.05) is 17.8 Å². The van der Waals surface area contributed by atoms with E-state index < -0.39 is 6.10 Å². The molecule has 0 aliphatic heterocycles. The maximum atomic E-state index is 12.1. The zero-order chi connectivity index (χ0) is 14.7. The molecule has 1 aromatic carbocycles. The second-order valence-electron chi connectivity index (χ2n) is 4.81. The molecule has 1 unspecified atom stereocenters. The fraction of sp³-hybridized carbons (Fsp3) is 0.267. The number of aryl methyl sites for hydroxylation is 2. The largest absolute Gasteiger partial charge is 0.398 e. The van der Waals surface area contributed by atoms with Gasteiger partial charge in [0.15, 0.2) is 0 Å². The van der Waals surface area contributed by atoms with Gasteiger partial charge in [0.1, 0.15) is 0 Å². The smallest absolute Gasteiger partial charge is 0.251 e. The van der Waals surface area contributed by atoms with Crippen LogP contribution in [0.1, 0.15) is 33.2 Å². The van der Waals surface area contributed by atoms with Crippen LogP contribution in [0, 0.1) is 13.8 Å². The van der Waals surface area contributed by atoms with Crippen molar-refractivity contribution in [2.24, 2.45) is 0 Å². The maximum absolute atomic E-state index is 12.1. The number of amides is 1. The normalized spacial score (nSPS) is 12.2. The van der Waals surface area contributed by atoms with Crippen molar-refractivity contribution < 1.29 is 9.90 Å². The molecule has 0 aliphatic rings. The molecule has 20 heavy (non-hydrogen) atoms. The number of hydrogen-bond acceptors (Lipinski definition) is 4. The number of hydrogen-bond donors (Lipinski definition) is 3. The fourth-order valence-corrected chi connectivity index (χ4v) is 2.69. The first kappa shape index (κ1) is 14.6. The summed E-state index contributed by atoms with van der Waals surface area (Å²) in [5, 5.41) is 16.4. The lowest BCUT2D eigenvalue weighted by molar-refractivity contribution is 0.0916. The summed E-state index contributed by atoms with van der Waals surface area (Å²) in [6.07, 6.45) is -0.687. The second-order valence-corrected chi connectivity index (χ2v) is 5.59. The van der Waals surface area contributed by atoms with Crippen molar-refractivity contribution in [1.29, 1.82) is 0 Å². The predicted molar refractivity (Wildman–Crippen MR) is 81.9 cm³/mol. The van der Waals surface area contributed by atoms with E-state index in [-0.39, 0.29) is 12.5 Å². The van der Waals surface area contributed by atoms with Gasteiger partial charge < -0.3 is 16.2 Å². The molecule has 0 saturated heterocycles. The number of nitrogens with two attached hydrogens (primary N) is 1. The number of carbonyl (C=O) groups is 1. The Morgan fingerprint density at radius 1 is 1.40 bits per heavy atom. The minimum absolute atomic E-state index is 0.183. The molecule has 0 radical (unpaired) electrons. The molecular formula is C15H18N2O2S. The molecule has 4 nitrogen and oxygen atoms in total. The van der Waals surface area contributed by atoms with Crippen LogP contribution < -0.4 is 11.1 Å². The molecular weight excluding hydrogens is 272 g/mol. The van der Waals surface area contributed by atoms with Crippen LogP contribution in [-0.2, 0) is 0 Å².